The topological polar surface area (TPSA) is 41.4 Å². The average molecular weight is 324 g/mol. The Bertz CT molecular complexity index is 803. The molecule has 1 aromatic heterocycles. The highest BCUT2D eigenvalue weighted by atomic mass is 16.2. The molecule has 2 aromatic rings. The molecule has 1 aromatic carbocycles. The van der Waals surface area contributed by atoms with Gasteiger partial charge in [-0.05, 0) is 44.0 Å². The van der Waals surface area contributed by atoms with Crippen molar-refractivity contribution in [3.63, 3.8) is 0 Å². The smallest absolute Gasteiger partial charge is 0.256 e. The molecule has 4 aliphatic rings. The van der Waals surface area contributed by atoms with E-state index in [0.717, 1.165) is 48.5 Å². The number of hydrogen-bond donors (Lipinski definition) is 0. The molecule has 0 spiro atoms. The minimum atomic E-state index is 0.209. The maximum absolute atomic E-state index is 13.4. The first-order chi connectivity index (χ1) is 11.8. The Kier molecular flexibility index (Phi) is 3.20. The molecule has 1 atom stereocenters. The van der Waals surface area contributed by atoms with Crippen LogP contribution in [0.15, 0.2) is 18.2 Å². The molecule has 0 unspecified atom stereocenters. The third-order valence-corrected chi connectivity index (χ3v) is 6.24. The Morgan fingerprint density at radius 2 is 2.00 bits per heavy atom. The van der Waals surface area contributed by atoms with Crippen LogP contribution in [0.4, 0.5) is 0 Å². The number of nitrogens with zero attached hydrogens (tertiary/aromatic N) is 4. The molecule has 5 nitrogen and oxygen atoms in total. The van der Waals surface area contributed by atoms with E-state index in [2.05, 4.69) is 21.3 Å². The second kappa shape index (κ2) is 5.31. The van der Waals surface area contributed by atoms with Gasteiger partial charge >= 0.3 is 0 Å². The number of rotatable bonds is 2. The lowest BCUT2D eigenvalue weighted by Crippen LogP contribution is -2.58. The number of carbonyl (C=O) groups excluding carboxylic acids is 1. The molecule has 3 saturated heterocycles. The van der Waals surface area contributed by atoms with Gasteiger partial charge in [-0.1, -0.05) is 13.0 Å². The Balaban J connectivity index is 1.58. The minimum absolute atomic E-state index is 0.209. The van der Waals surface area contributed by atoms with Gasteiger partial charge in [0.15, 0.2) is 0 Å². The molecule has 5 heteroatoms. The van der Waals surface area contributed by atoms with Crippen molar-refractivity contribution in [2.45, 2.75) is 38.8 Å². The summed E-state index contributed by atoms with van der Waals surface area (Å²) in [6.07, 6.45) is 3.39. The highest BCUT2D eigenvalue weighted by Gasteiger charge is 2.40. The van der Waals surface area contributed by atoms with Crippen molar-refractivity contribution < 1.29 is 4.79 Å². The standard InChI is InChI=1S/C19H24N4O/c1-2-17-20-15-5-3-4-14-18(15)23(17)11-10-22(19(14)24)16-12-21-8-6-13(16)7-9-21/h3-5,13,16H,2,6-12H2,1H3/t16-/m1/s1. The van der Waals surface area contributed by atoms with Gasteiger partial charge in [-0.3, -0.25) is 4.79 Å². The monoisotopic (exact) mass is 324 g/mol. The molecule has 0 N–H and O–H groups in total. The summed E-state index contributed by atoms with van der Waals surface area (Å²) in [6, 6.07) is 6.39. The predicted octanol–water partition coefficient (Wildman–Crippen LogP) is 2.15. The van der Waals surface area contributed by atoms with Gasteiger partial charge in [0, 0.05) is 32.1 Å². The number of aromatic nitrogens is 2. The fraction of sp³-hybridized carbons (Fsp3) is 0.579. The van der Waals surface area contributed by atoms with E-state index in [1.54, 1.807) is 0 Å². The SMILES string of the molecule is CCc1nc2cccc3c2n1CCN([C@@H]1CN2CCC1CC2)C3=O. The van der Waals surface area contributed by atoms with Gasteiger partial charge in [-0.15, -0.1) is 0 Å². The molecule has 0 aliphatic carbocycles. The second-order valence-corrected chi connectivity index (χ2v) is 7.41. The van der Waals surface area contributed by atoms with Gasteiger partial charge in [0.25, 0.3) is 5.91 Å². The molecule has 24 heavy (non-hydrogen) atoms. The molecule has 6 rings (SSSR count). The molecular weight excluding hydrogens is 300 g/mol. The van der Waals surface area contributed by atoms with Crippen LogP contribution in [-0.2, 0) is 13.0 Å². The number of hydrogen-bond acceptors (Lipinski definition) is 3. The number of fused-ring (bicyclic) bond motifs is 3. The fourth-order valence-corrected chi connectivity index (χ4v) is 4.98. The summed E-state index contributed by atoms with van der Waals surface area (Å²) in [5.74, 6) is 1.99. The Morgan fingerprint density at radius 1 is 1.17 bits per heavy atom. The highest BCUT2D eigenvalue weighted by molar-refractivity contribution is 6.05. The average Bonchev–Trinajstić information content (AvgIpc) is 2.93. The first kappa shape index (κ1) is 14.5. The van der Waals surface area contributed by atoms with Crippen LogP contribution in [0.5, 0.6) is 0 Å². The molecule has 4 aliphatic heterocycles. The van der Waals surface area contributed by atoms with Gasteiger partial charge < -0.3 is 14.4 Å². The van der Waals surface area contributed by atoms with Gasteiger partial charge in [0.2, 0.25) is 0 Å². The molecule has 5 heterocycles. The first-order valence-electron chi connectivity index (χ1n) is 9.27. The van der Waals surface area contributed by atoms with Gasteiger partial charge in [-0.2, -0.15) is 0 Å². The normalized spacial score (nSPS) is 29.3. The molecule has 126 valence electrons. The number of amides is 1. The van der Waals surface area contributed by atoms with Gasteiger partial charge in [0.05, 0.1) is 16.6 Å². The third kappa shape index (κ3) is 1.97. The van der Waals surface area contributed by atoms with E-state index in [-0.39, 0.29) is 5.91 Å². The zero-order valence-electron chi connectivity index (χ0n) is 14.2. The Hall–Kier alpha value is -1.88. The first-order valence-corrected chi connectivity index (χ1v) is 9.27. The number of aryl methyl sites for hydroxylation is 1. The zero-order chi connectivity index (χ0) is 16.3. The van der Waals surface area contributed by atoms with Crippen molar-refractivity contribution in [1.29, 1.82) is 0 Å². The summed E-state index contributed by atoms with van der Waals surface area (Å²) < 4.78 is 2.28. The number of imidazole rings is 1. The maximum Gasteiger partial charge on any atom is 0.256 e. The molecule has 1 amide bonds. The van der Waals surface area contributed by atoms with Crippen molar-refractivity contribution in [3.05, 3.63) is 29.6 Å². The molecule has 2 bridgehead atoms. The van der Waals surface area contributed by atoms with E-state index in [1.165, 1.54) is 25.9 Å². The third-order valence-electron chi connectivity index (χ3n) is 6.24. The van der Waals surface area contributed by atoms with E-state index in [0.29, 0.717) is 12.0 Å². The molecule has 0 saturated carbocycles. The van der Waals surface area contributed by atoms with Crippen LogP contribution in [0.25, 0.3) is 11.0 Å². The van der Waals surface area contributed by atoms with Crippen LogP contribution in [0.1, 0.15) is 35.9 Å². The summed E-state index contributed by atoms with van der Waals surface area (Å²) >= 11 is 0. The summed E-state index contributed by atoms with van der Waals surface area (Å²) in [4.78, 5) is 22.8. The fourth-order valence-electron chi connectivity index (χ4n) is 4.98. The van der Waals surface area contributed by atoms with E-state index in [9.17, 15) is 4.79 Å². The zero-order valence-corrected chi connectivity index (χ0v) is 14.2. The lowest BCUT2D eigenvalue weighted by atomic mass is 9.83. The van der Waals surface area contributed by atoms with Crippen molar-refractivity contribution in [3.8, 4) is 0 Å². The molecule has 3 fully saturated rings. The number of piperidine rings is 3. The Labute approximate surface area is 142 Å². The largest absolute Gasteiger partial charge is 0.332 e. The van der Waals surface area contributed by atoms with Crippen LogP contribution in [0.2, 0.25) is 0 Å². The van der Waals surface area contributed by atoms with Crippen molar-refractivity contribution in [2.24, 2.45) is 5.92 Å². The van der Waals surface area contributed by atoms with Crippen molar-refractivity contribution in [2.75, 3.05) is 26.2 Å². The lowest BCUT2D eigenvalue weighted by molar-refractivity contribution is 0.00721. The van der Waals surface area contributed by atoms with Crippen molar-refractivity contribution in [1.82, 2.24) is 19.4 Å². The molecule has 0 radical (unpaired) electrons. The van der Waals surface area contributed by atoms with Gasteiger partial charge in [-0.25, -0.2) is 4.98 Å². The van der Waals surface area contributed by atoms with E-state index < -0.39 is 0 Å². The van der Waals surface area contributed by atoms with Gasteiger partial charge in [0.1, 0.15) is 5.82 Å². The lowest BCUT2D eigenvalue weighted by Gasteiger charge is -2.48. The number of para-hydroxylation sites is 1. The number of carbonyl (C=O) groups is 1. The van der Waals surface area contributed by atoms with Crippen LogP contribution < -0.4 is 0 Å². The van der Waals surface area contributed by atoms with Crippen molar-refractivity contribution >= 4 is 16.9 Å². The maximum atomic E-state index is 13.4. The summed E-state index contributed by atoms with van der Waals surface area (Å²) in [5.41, 5.74) is 2.85. The Morgan fingerprint density at radius 3 is 2.71 bits per heavy atom. The summed E-state index contributed by atoms with van der Waals surface area (Å²) in [7, 11) is 0. The predicted molar refractivity (Wildman–Crippen MR) is 93.1 cm³/mol. The summed E-state index contributed by atoms with van der Waals surface area (Å²) in [5, 5.41) is 0. The second-order valence-electron chi connectivity index (χ2n) is 7.41. The van der Waals surface area contributed by atoms with Crippen LogP contribution in [0, 0.1) is 5.92 Å². The highest BCUT2D eigenvalue weighted by Crippen LogP contribution is 2.34. The van der Waals surface area contributed by atoms with E-state index >= 15 is 0 Å². The summed E-state index contributed by atoms with van der Waals surface area (Å²) in [6.45, 7) is 7.29. The van der Waals surface area contributed by atoms with Crippen LogP contribution in [0.3, 0.4) is 0 Å². The quantitative estimate of drug-likeness (QED) is 0.850. The van der Waals surface area contributed by atoms with E-state index in [1.807, 2.05) is 18.2 Å². The molecular formula is C19H24N4O. The minimum Gasteiger partial charge on any atom is -0.332 e. The van der Waals surface area contributed by atoms with Crippen LogP contribution >= 0.6 is 0 Å². The van der Waals surface area contributed by atoms with Crippen LogP contribution in [-0.4, -0.2) is 57.5 Å². The van der Waals surface area contributed by atoms with E-state index in [4.69, 9.17) is 4.98 Å². The number of benzene rings is 1.